The van der Waals surface area contributed by atoms with Crippen molar-refractivity contribution in [3.8, 4) is 67.8 Å². The summed E-state index contributed by atoms with van der Waals surface area (Å²) in [4.78, 5) is 10.8. The molecule has 254 valence electrons. The van der Waals surface area contributed by atoms with Crippen molar-refractivity contribution >= 4 is 69.6 Å². The minimum atomic E-state index is 0.282. The number of nitrogens with zero attached hydrogens (tertiary/aromatic N) is 4. The predicted molar refractivity (Wildman–Crippen MR) is 218 cm³/mol. The van der Waals surface area contributed by atoms with Crippen LogP contribution in [-0.4, -0.2) is 19.3 Å². The number of aromatic nitrogens is 4. The quantitative estimate of drug-likeness (QED) is 0.151. The molecule has 0 aliphatic rings. The zero-order valence-electron chi connectivity index (χ0n) is 26.9. The summed E-state index contributed by atoms with van der Waals surface area (Å²) in [6.45, 7) is 0. The van der Waals surface area contributed by atoms with Gasteiger partial charge in [-0.15, -0.1) is 0 Å². The first-order chi connectivity index (χ1) is 25.3. The van der Waals surface area contributed by atoms with Gasteiger partial charge in [0.2, 0.25) is 0 Å². The lowest BCUT2D eigenvalue weighted by atomic mass is 10.0. The van der Waals surface area contributed by atoms with Crippen molar-refractivity contribution in [1.82, 2.24) is 19.3 Å². The normalized spacial score (nSPS) is 11.3. The third-order valence-electron chi connectivity index (χ3n) is 8.57. The van der Waals surface area contributed by atoms with E-state index in [-0.39, 0.29) is 20.1 Å². The Kier molecular flexibility index (Phi) is 9.62. The summed E-state index contributed by atoms with van der Waals surface area (Å²) >= 11 is 41.0. The van der Waals surface area contributed by atoms with Crippen LogP contribution >= 0.6 is 69.6 Å². The Bertz CT molecular complexity index is 2390. The minimum Gasteiger partial charge on any atom is -0.226 e. The van der Waals surface area contributed by atoms with Crippen molar-refractivity contribution in [2.45, 2.75) is 0 Å². The van der Waals surface area contributed by atoms with Crippen LogP contribution in [0.2, 0.25) is 30.1 Å². The van der Waals surface area contributed by atoms with Gasteiger partial charge in [0.05, 0.1) is 42.9 Å². The molecule has 0 radical (unpaired) electrons. The fourth-order valence-electron chi connectivity index (χ4n) is 6.30. The smallest absolute Gasteiger partial charge is 0.162 e. The molecule has 0 N–H and O–H groups in total. The van der Waals surface area contributed by atoms with Gasteiger partial charge in [0.1, 0.15) is 0 Å². The standard InChI is InChI=1S/C42H24Cl6N4/c43-29-21-31(35(47)33(45)23-29)41-49-37(25-13-5-1-6-14-25)39(27-17-9-3-10-18-27)51(41)52-40(28-19-11-4-12-20-28)38(26-15-7-2-8-16-26)50-42(52)32-22-30(44)24-34(46)36(32)48/h1-24H. The third-order valence-corrected chi connectivity index (χ3v) is 10.6. The van der Waals surface area contributed by atoms with Crippen molar-refractivity contribution in [3.63, 3.8) is 0 Å². The molecule has 0 unspecified atom stereocenters. The molecule has 2 heterocycles. The van der Waals surface area contributed by atoms with Crippen LogP contribution in [0.3, 0.4) is 0 Å². The van der Waals surface area contributed by atoms with E-state index in [0.717, 1.165) is 33.6 Å². The van der Waals surface area contributed by atoms with E-state index >= 15 is 0 Å². The van der Waals surface area contributed by atoms with Crippen LogP contribution in [0.1, 0.15) is 0 Å². The second kappa shape index (κ2) is 14.5. The molecule has 6 aromatic carbocycles. The highest BCUT2D eigenvalue weighted by molar-refractivity contribution is 6.45. The lowest BCUT2D eigenvalue weighted by Crippen LogP contribution is -2.16. The van der Waals surface area contributed by atoms with Crippen LogP contribution < -0.4 is 0 Å². The first-order valence-electron chi connectivity index (χ1n) is 16.1. The fraction of sp³-hybridized carbons (Fsp3) is 0. The number of imidazole rings is 2. The van der Waals surface area contributed by atoms with Gasteiger partial charge < -0.3 is 0 Å². The summed E-state index contributed by atoms with van der Waals surface area (Å²) in [6.07, 6.45) is 0. The monoisotopic (exact) mass is 794 g/mol. The predicted octanol–water partition coefficient (Wildman–Crippen LogP) is 14.3. The van der Waals surface area contributed by atoms with Gasteiger partial charge in [-0.25, -0.2) is 19.3 Å². The number of halogens is 6. The summed E-state index contributed by atoms with van der Waals surface area (Å²) in [5.41, 5.74) is 7.37. The average Bonchev–Trinajstić information content (AvgIpc) is 3.75. The lowest BCUT2D eigenvalue weighted by molar-refractivity contribution is 0.687. The fourth-order valence-corrected chi connectivity index (χ4v) is 7.68. The summed E-state index contributed by atoms with van der Waals surface area (Å²) in [7, 11) is 0. The molecule has 4 nitrogen and oxygen atoms in total. The summed E-state index contributed by atoms with van der Waals surface area (Å²) in [5.74, 6) is 0.901. The summed E-state index contributed by atoms with van der Waals surface area (Å²) < 4.78 is 4.02. The van der Waals surface area contributed by atoms with Gasteiger partial charge in [-0.3, -0.25) is 0 Å². The second-order valence-corrected chi connectivity index (χ2v) is 14.3. The van der Waals surface area contributed by atoms with Crippen LogP contribution in [0, 0.1) is 0 Å². The molecular weight excluding hydrogens is 773 g/mol. The first kappa shape index (κ1) is 34.6. The van der Waals surface area contributed by atoms with E-state index in [9.17, 15) is 0 Å². The number of rotatable bonds is 7. The molecule has 0 saturated heterocycles. The van der Waals surface area contributed by atoms with Crippen LogP contribution in [0.15, 0.2) is 146 Å². The Morgan fingerprint density at radius 1 is 0.365 bits per heavy atom. The van der Waals surface area contributed by atoms with Crippen LogP contribution in [0.4, 0.5) is 0 Å². The molecule has 0 spiro atoms. The van der Waals surface area contributed by atoms with Crippen molar-refractivity contribution < 1.29 is 0 Å². The van der Waals surface area contributed by atoms with Crippen molar-refractivity contribution in [3.05, 3.63) is 176 Å². The molecule has 10 heteroatoms. The topological polar surface area (TPSA) is 35.6 Å². The van der Waals surface area contributed by atoms with Gasteiger partial charge in [-0.05, 0) is 24.3 Å². The van der Waals surface area contributed by atoms with E-state index in [1.807, 2.05) is 131 Å². The van der Waals surface area contributed by atoms with Crippen LogP contribution in [-0.2, 0) is 0 Å². The van der Waals surface area contributed by atoms with E-state index in [4.69, 9.17) is 79.6 Å². The molecule has 52 heavy (non-hydrogen) atoms. The Hall–Kier alpha value is -4.52. The molecule has 0 atom stereocenters. The number of hydrogen-bond acceptors (Lipinski definition) is 2. The molecule has 0 amide bonds. The van der Waals surface area contributed by atoms with Crippen molar-refractivity contribution in [1.29, 1.82) is 0 Å². The third kappa shape index (κ3) is 6.30. The van der Waals surface area contributed by atoms with Crippen LogP contribution in [0.25, 0.3) is 67.8 Å². The largest absolute Gasteiger partial charge is 0.226 e. The highest BCUT2D eigenvalue weighted by Gasteiger charge is 2.31. The Balaban J connectivity index is 1.65. The second-order valence-electron chi connectivity index (χ2n) is 11.9. The number of benzene rings is 6. The SMILES string of the molecule is Clc1cc(Cl)c(Cl)c(-c2nc(-c3ccccc3)c(-c3ccccc3)n2-n2c(-c3cc(Cl)cc(Cl)c3Cl)nc(-c3ccccc3)c2-c2ccccc2)c1. The Morgan fingerprint density at radius 2 is 0.673 bits per heavy atom. The zero-order valence-corrected chi connectivity index (χ0v) is 31.4. The van der Waals surface area contributed by atoms with Gasteiger partial charge in [0.25, 0.3) is 0 Å². The van der Waals surface area contributed by atoms with E-state index in [1.54, 1.807) is 24.3 Å². The summed E-state index contributed by atoms with van der Waals surface area (Å²) in [6, 6.07) is 46.7. The Morgan fingerprint density at radius 3 is 1.00 bits per heavy atom. The van der Waals surface area contributed by atoms with Crippen molar-refractivity contribution in [2.24, 2.45) is 0 Å². The summed E-state index contributed by atoms with van der Waals surface area (Å²) in [5, 5.41) is 1.92. The molecule has 0 bridgehead atoms. The molecular formula is C42H24Cl6N4. The molecule has 0 saturated carbocycles. The molecule has 2 aromatic heterocycles. The van der Waals surface area contributed by atoms with E-state index in [0.29, 0.717) is 44.2 Å². The first-order valence-corrected chi connectivity index (χ1v) is 18.3. The molecule has 8 rings (SSSR count). The van der Waals surface area contributed by atoms with E-state index in [2.05, 4.69) is 0 Å². The molecule has 0 aliphatic heterocycles. The Labute approximate surface area is 330 Å². The number of hydrogen-bond donors (Lipinski definition) is 0. The maximum Gasteiger partial charge on any atom is 0.162 e. The molecule has 0 fully saturated rings. The van der Waals surface area contributed by atoms with E-state index < -0.39 is 0 Å². The van der Waals surface area contributed by atoms with Gasteiger partial charge in [-0.1, -0.05) is 191 Å². The highest BCUT2D eigenvalue weighted by Crippen LogP contribution is 2.46. The van der Waals surface area contributed by atoms with Crippen molar-refractivity contribution in [2.75, 3.05) is 0 Å². The van der Waals surface area contributed by atoms with Gasteiger partial charge in [0.15, 0.2) is 11.6 Å². The highest BCUT2D eigenvalue weighted by atomic mass is 35.5. The van der Waals surface area contributed by atoms with Gasteiger partial charge in [-0.2, -0.15) is 0 Å². The average molecular weight is 797 g/mol. The zero-order chi connectivity index (χ0) is 35.9. The van der Waals surface area contributed by atoms with Crippen LogP contribution in [0.5, 0.6) is 0 Å². The van der Waals surface area contributed by atoms with Gasteiger partial charge >= 0.3 is 0 Å². The minimum absolute atomic E-state index is 0.282. The molecule has 8 aromatic rings. The lowest BCUT2D eigenvalue weighted by Gasteiger charge is -2.21. The van der Waals surface area contributed by atoms with Gasteiger partial charge in [0, 0.05) is 43.4 Å². The molecule has 0 aliphatic carbocycles. The maximum absolute atomic E-state index is 7.07. The maximum atomic E-state index is 7.07. The van der Waals surface area contributed by atoms with E-state index in [1.165, 1.54) is 0 Å².